The van der Waals surface area contributed by atoms with Gasteiger partial charge in [-0.05, 0) is 41.8 Å². The fourth-order valence-corrected chi connectivity index (χ4v) is 2.33. The summed E-state index contributed by atoms with van der Waals surface area (Å²) in [5, 5.41) is 3.94. The third kappa shape index (κ3) is 4.76. The molecular formula is C18H22ClNO. The van der Waals surface area contributed by atoms with Gasteiger partial charge in [-0.25, -0.2) is 0 Å². The molecule has 2 aromatic rings. The lowest BCUT2D eigenvalue weighted by Gasteiger charge is -2.10. The van der Waals surface area contributed by atoms with E-state index in [1.54, 1.807) is 0 Å². The molecule has 0 aromatic heterocycles. The van der Waals surface area contributed by atoms with E-state index >= 15 is 0 Å². The second-order valence-corrected chi connectivity index (χ2v) is 5.41. The molecule has 2 aromatic carbocycles. The summed E-state index contributed by atoms with van der Waals surface area (Å²) in [6.45, 7) is 6.55. The first kappa shape index (κ1) is 15.9. The van der Waals surface area contributed by atoms with Gasteiger partial charge in [-0.2, -0.15) is 0 Å². The van der Waals surface area contributed by atoms with Crippen molar-refractivity contribution in [2.75, 3.05) is 6.54 Å². The molecule has 0 fully saturated rings. The summed E-state index contributed by atoms with van der Waals surface area (Å²) in [6.07, 6.45) is 1.06. The summed E-state index contributed by atoms with van der Waals surface area (Å²) in [5.74, 6) is 0.733. The van der Waals surface area contributed by atoms with Crippen LogP contribution in [-0.2, 0) is 19.6 Å². The van der Waals surface area contributed by atoms with E-state index in [0.29, 0.717) is 11.6 Å². The van der Waals surface area contributed by atoms with Crippen LogP contribution in [0.2, 0.25) is 5.02 Å². The fraction of sp³-hybridized carbons (Fsp3) is 0.333. The van der Waals surface area contributed by atoms with Crippen molar-refractivity contribution in [1.29, 1.82) is 0 Å². The summed E-state index contributed by atoms with van der Waals surface area (Å²) in [6, 6.07) is 14.4. The number of aryl methyl sites for hydroxylation is 1. The van der Waals surface area contributed by atoms with Crippen LogP contribution in [0.15, 0.2) is 42.5 Å². The number of hydrogen-bond acceptors (Lipinski definition) is 2. The average Bonchev–Trinajstić information content (AvgIpc) is 2.52. The third-order valence-corrected chi connectivity index (χ3v) is 3.70. The maximum absolute atomic E-state index is 6.27. The molecule has 0 saturated carbocycles. The first-order valence-corrected chi connectivity index (χ1v) is 7.80. The maximum Gasteiger partial charge on any atom is 0.138 e. The van der Waals surface area contributed by atoms with Crippen molar-refractivity contribution in [2.24, 2.45) is 0 Å². The van der Waals surface area contributed by atoms with Gasteiger partial charge in [-0.1, -0.05) is 55.8 Å². The van der Waals surface area contributed by atoms with Gasteiger partial charge < -0.3 is 10.1 Å². The highest BCUT2D eigenvalue weighted by atomic mass is 35.5. The molecule has 2 nitrogen and oxygen atoms in total. The van der Waals surface area contributed by atoms with E-state index in [-0.39, 0.29) is 0 Å². The Balaban J connectivity index is 1.95. The Morgan fingerprint density at radius 1 is 0.952 bits per heavy atom. The van der Waals surface area contributed by atoms with Gasteiger partial charge in [0.2, 0.25) is 0 Å². The minimum atomic E-state index is 0.538. The Labute approximate surface area is 132 Å². The van der Waals surface area contributed by atoms with Crippen molar-refractivity contribution in [1.82, 2.24) is 5.32 Å². The quantitative estimate of drug-likeness (QED) is 0.807. The van der Waals surface area contributed by atoms with Crippen molar-refractivity contribution in [2.45, 2.75) is 33.4 Å². The van der Waals surface area contributed by atoms with Crippen molar-refractivity contribution in [3.8, 4) is 5.75 Å². The number of ether oxygens (including phenoxy) is 1. The van der Waals surface area contributed by atoms with Crippen LogP contribution in [-0.4, -0.2) is 6.54 Å². The minimum absolute atomic E-state index is 0.538. The second kappa shape index (κ2) is 8.06. The smallest absolute Gasteiger partial charge is 0.138 e. The molecule has 0 heterocycles. The van der Waals surface area contributed by atoms with Crippen LogP contribution in [0.3, 0.4) is 0 Å². The standard InChI is InChI=1S/C18H22ClNO/c1-3-14-5-7-15(8-6-14)13-21-18-10-9-16(11-17(18)19)12-20-4-2/h5-11,20H,3-4,12-13H2,1-2H3. The van der Waals surface area contributed by atoms with Crippen molar-refractivity contribution in [3.63, 3.8) is 0 Å². The molecule has 0 radical (unpaired) electrons. The molecule has 0 aliphatic carbocycles. The van der Waals surface area contributed by atoms with Gasteiger partial charge in [0.1, 0.15) is 12.4 Å². The first-order chi connectivity index (χ1) is 10.2. The number of benzene rings is 2. The predicted octanol–water partition coefficient (Wildman–Crippen LogP) is 4.59. The van der Waals surface area contributed by atoms with Gasteiger partial charge in [0, 0.05) is 6.54 Å². The molecule has 0 saturated heterocycles. The zero-order valence-electron chi connectivity index (χ0n) is 12.7. The van der Waals surface area contributed by atoms with E-state index in [2.05, 4.69) is 43.4 Å². The van der Waals surface area contributed by atoms with E-state index < -0.39 is 0 Å². The zero-order valence-corrected chi connectivity index (χ0v) is 13.4. The normalized spacial score (nSPS) is 10.6. The molecule has 2 rings (SSSR count). The van der Waals surface area contributed by atoms with Crippen LogP contribution < -0.4 is 10.1 Å². The van der Waals surface area contributed by atoms with Crippen molar-refractivity contribution in [3.05, 3.63) is 64.2 Å². The van der Waals surface area contributed by atoms with Gasteiger partial charge in [0.15, 0.2) is 0 Å². The highest BCUT2D eigenvalue weighted by molar-refractivity contribution is 6.32. The molecule has 21 heavy (non-hydrogen) atoms. The molecule has 0 aliphatic rings. The second-order valence-electron chi connectivity index (χ2n) is 5.00. The van der Waals surface area contributed by atoms with Gasteiger partial charge in [-0.3, -0.25) is 0 Å². The lowest BCUT2D eigenvalue weighted by Crippen LogP contribution is -2.11. The molecule has 0 atom stereocenters. The summed E-state index contributed by atoms with van der Waals surface area (Å²) in [7, 11) is 0. The van der Waals surface area contributed by atoms with Crippen LogP contribution in [0.1, 0.15) is 30.5 Å². The summed E-state index contributed by atoms with van der Waals surface area (Å²) >= 11 is 6.27. The van der Waals surface area contributed by atoms with Gasteiger partial charge >= 0.3 is 0 Å². The summed E-state index contributed by atoms with van der Waals surface area (Å²) in [5.41, 5.74) is 3.66. The molecule has 112 valence electrons. The molecular weight excluding hydrogens is 282 g/mol. The van der Waals surface area contributed by atoms with Crippen LogP contribution >= 0.6 is 11.6 Å². The minimum Gasteiger partial charge on any atom is -0.487 e. The monoisotopic (exact) mass is 303 g/mol. The Bertz CT molecular complexity index is 566. The van der Waals surface area contributed by atoms with Crippen LogP contribution in [0.4, 0.5) is 0 Å². The number of nitrogens with one attached hydrogen (secondary N) is 1. The van der Waals surface area contributed by atoms with Crippen LogP contribution in [0.25, 0.3) is 0 Å². The molecule has 0 bridgehead atoms. The Morgan fingerprint density at radius 3 is 2.24 bits per heavy atom. The van der Waals surface area contributed by atoms with Gasteiger partial charge in [0.05, 0.1) is 5.02 Å². The number of hydrogen-bond donors (Lipinski definition) is 1. The maximum atomic E-state index is 6.27. The van der Waals surface area contributed by atoms with Crippen LogP contribution in [0.5, 0.6) is 5.75 Å². The lowest BCUT2D eigenvalue weighted by molar-refractivity contribution is 0.306. The predicted molar refractivity (Wildman–Crippen MR) is 89.0 cm³/mol. The molecule has 3 heteroatoms. The zero-order chi connectivity index (χ0) is 15.1. The SMILES string of the molecule is CCNCc1ccc(OCc2ccc(CC)cc2)c(Cl)c1. The van der Waals surface area contributed by atoms with E-state index in [0.717, 1.165) is 30.8 Å². The summed E-state index contributed by atoms with van der Waals surface area (Å²) < 4.78 is 5.80. The van der Waals surface area contributed by atoms with Crippen molar-refractivity contribution >= 4 is 11.6 Å². The van der Waals surface area contributed by atoms with E-state index in [9.17, 15) is 0 Å². The largest absolute Gasteiger partial charge is 0.487 e. The average molecular weight is 304 g/mol. The first-order valence-electron chi connectivity index (χ1n) is 7.42. The topological polar surface area (TPSA) is 21.3 Å². The van der Waals surface area contributed by atoms with Gasteiger partial charge in [0.25, 0.3) is 0 Å². The number of rotatable bonds is 7. The molecule has 1 N–H and O–H groups in total. The molecule has 0 amide bonds. The van der Waals surface area contributed by atoms with E-state index in [4.69, 9.17) is 16.3 Å². The van der Waals surface area contributed by atoms with Gasteiger partial charge in [-0.15, -0.1) is 0 Å². The van der Waals surface area contributed by atoms with Crippen molar-refractivity contribution < 1.29 is 4.74 Å². The highest BCUT2D eigenvalue weighted by Gasteiger charge is 2.04. The van der Waals surface area contributed by atoms with E-state index in [1.807, 2.05) is 18.2 Å². The molecule has 0 unspecified atom stereocenters. The molecule has 0 aliphatic heterocycles. The third-order valence-electron chi connectivity index (χ3n) is 3.40. The van der Waals surface area contributed by atoms with E-state index in [1.165, 1.54) is 11.1 Å². The Hall–Kier alpha value is -1.51. The fourth-order valence-electron chi connectivity index (χ4n) is 2.07. The Kier molecular flexibility index (Phi) is 6.09. The number of halogens is 1. The summed E-state index contributed by atoms with van der Waals surface area (Å²) in [4.78, 5) is 0. The molecule has 0 spiro atoms. The Morgan fingerprint density at radius 2 is 1.62 bits per heavy atom. The van der Waals surface area contributed by atoms with Crippen LogP contribution in [0, 0.1) is 0 Å². The highest BCUT2D eigenvalue weighted by Crippen LogP contribution is 2.26. The lowest BCUT2D eigenvalue weighted by atomic mass is 10.1.